The zero-order chi connectivity index (χ0) is 10.1. The normalized spacial score (nSPS) is 12.6. The zero-order valence-corrected chi connectivity index (χ0v) is 9.21. The van der Waals surface area contributed by atoms with Crippen LogP contribution in [0.2, 0.25) is 0 Å². The van der Waals surface area contributed by atoms with Gasteiger partial charge in [0.2, 0.25) is 0 Å². The molecule has 0 aliphatic rings. The Morgan fingerprint density at radius 3 is 2.79 bits per heavy atom. The molecule has 1 aromatic heterocycles. The second-order valence-corrected chi connectivity index (χ2v) is 3.92. The highest BCUT2D eigenvalue weighted by Gasteiger charge is 2.16. The van der Waals surface area contributed by atoms with Crippen molar-refractivity contribution in [1.82, 2.24) is 0 Å². The maximum Gasteiger partial charge on any atom is 0.136 e. The maximum absolute atomic E-state index is 8.81. The van der Waals surface area contributed by atoms with Crippen molar-refractivity contribution in [2.45, 2.75) is 12.8 Å². The fraction of sp³-hybridized carbons (Fsp3) is 0.182. The van der Waals surface area contributed by atoms with E-state index in [1.807, 2.05) is 31.2 Å². The van der Waals surface area contributed by atoms with E-state index in [4.69, 9.17) is 9.68 Å². The lowest BCUT2D eigenvalue weighted by atomic mass is 10.1. The van der Waals surface area contributed by atoms with E-state index in [2.05, 4.69) is 22.0 Å². The van der Waals surface area contributed by atoms with E-state index >= 15 is 0 Å². The smallest absolute Gasteiger partial charge is 0.136 e. The lowest BCUT2D eigenvalue weighted by molar-refractivity contribution is 0.537. The van der Waals surface area contributed by atoms with Crippen molar-refractivity contribution >= 4 is 26.9 Å². The molecular weight excluding hydrogens is 242 g/mol. The molecule has 0 amide bonds. The highest BCUT2D eigenvalue weighted by molar-refractivity contribution is 9.10. The van der Waals surface area contributed by atoms with Crippen LogP contribution in [0.5, 0.6) is 0 Å². The first-order valence-corrected chi connectivity index (χ1v) is 5.10. The minimum Gasteiger partial charge on any atom is -0.458 e. The molecule has 70 valence electrons. The molecule has 2 aromatic rings. The summed E-state index contributed by atoms with van der Waals surface area (Å²) in [6, 6.07) is 9.89. The summed E-state index contributed by atoms with van der Waals surface area (Å²) in [5.41, 5.74) is 0.816. The fourth-order valence-corrected chi connectivity index (χ4v) is 2.12. The minimum atomic E-state index is -0.225. The molecule has 0 bridgehead atoms. The van der Waals surface area contributed by atoms with Gasteiger partial charge in [0.05, 0.1) is 10.5 Å². The average molecular weight is 250 g/mol. The molecule has 1 aromatic carbocycles. The van der Waals surface area contributed by atoms with Crippen LogP contribution in [0.3, 0.4) is 0 Å². The summed E-state index contributed by atoms with van der Waals surface area (Å²) in [5.74, 6) is 0.477. The molecule has 1 atom stereocenters. The molecule has 0 radical (unpaired) electrons. The molecule has 0 saturated carbocycles. The first-order chi connectivity index (χ1) is 6.74. The summed E-state index contributed by atoms with van der Waals surface area (Å²) < 4.78 is 6.47. The van der Waals surface area contributed by atoms with Gasteiger partial charge in [0, 0.05) is 5.39 Å². The largest absolute Gasteiger partial charge is 0.458 e. The number of nitriles is 1. The molecular formula is C11H8BrNO. The van der Waals surface area contributed by atoms with Crippen molar-refractivity contribution in [1.29, 1.82) is 5.26 Å². The van der Waals surface area contributed by atoms with E-state index in [1.54, 1.807) is 0 Å². The standard InChI is InChI=1S/C11H8BrNO/c1-7(6-13)11-10(12)8-4-2-3-5-9(8)14-11/h2-5,7H,1H3. The first-order valence-electron chi connectivity index (χ1n) is 4.30. The van der Waals surface area contributed by atoms with Crippen LogP contribution in [0.15, 0.2) is 33.2 Å². The van der Waals surface area contributed by atoms with Crippen LogP contribution >= 0.6 is 15.9 Å². The number of para-hydroxylation sites is 1. The second kappa shape index (κ2) is 3.47. The van der Waals surface area contributed by atoms with Crippen molar-refractivity contribution in [2.24, 2.45) is 0 Å². The number of nitrogens with zero attached hydrogens (tertiary/aromatic N) is 1. The van der Waals surface area contributed by atoms with Crippen LogP contribution in [0.1, 0.15) is 18.6 Å². The van der Waals surface area contributed by atoms with Crippen molar-refractivity contribution in [3.8, 4) is 6.07 Å². The molecule has 0 spiro atoms. The number of benzene rings is 1. The van der Waals surface area contributed by atoms with Crippen LogP contribution in [0.4, 0.5) is 0 Å². The van der Waals surface area contributed by atoms with Gasteiger partial charge in [0.25, 0.3) is 0 Å². The fourth-order valence-electron chi connectivity index (χ4n) is 1.37. The molecule has 0 fully saturated rings. The van der Waals surface area contributed by atoms with Gasteiger partial charge in [-0.25, -0.2) is 0 Å². The highest BCUT2D eigenvalue weighted by Crippen LogP contribution is 2.34. The highest BCUT2D eigenvalue weighted by atomic mass is 79.9. The molecule has 0 aliphatic heterocycles. The Morgan fingerprint density at radius 2 is 2.14 bits per heavy atom. The summed E-state index contributed by atoms with van der Waals surface area (Å²) in [5, 5.41) is 9.83. The Balaban J connectivity index is 2.70. The topological polar surface area (TPSA) is 36.9 Å². The molecule has 1 heterocycles. The lowest BCUT2D eigenvalue weighted by Crippen LogP contribution is -1.85. The predicted octanol–water partition coefficient (Wildman–Crippen LogP) is 3.82. The third-order valence-corrected chi connectivity index (χ3v) is 2.96. The summed E-state index contributed by atoms with van der Waals surface area (Å²) >= 11 is 3.45. The van der Waals surface area contributed by atoms with E-state index in [9.17, 15) is 0 Å². The third kappa shape index (κ3) is 1.32. The van der Waals surface area contributed by atoms with Gasteiger partial charge < -0.3 is 4.42 Å². The number of furan rings is 1. The Hall–Kier alpha value is -1.27. The minimum absolute atomic E-state index is 0.225. The van der Waals surface area contributed by atoms with Gasteiger partial charge in [-0.3, -0.25) is 0 Å². The van der Waals surface area contributed by atoms with Gasteiger partial charge in [-0.15, -0.1) is 0 Å². The van der Waals surface area contributed by atoms with E-state index in [1.165, 1.54) is 0 Å². The van der Waals surface area contributed by atoms with Gasteiger partial charge in [-0.2, -0.15) is 5.26 Å². The van der Waals surface area contributed by atoms with Crippen molar-refractivity contribution < 1.29 is 4.42 Å². The molecule has 3 heteroatoms. The molecule has 0 aliphatic carbocycles. The Kier molecular flexibility index (Phi) is 2.30. The first kappa shape index (κ1) is 9.29. The number of rotatable bonds is 1. The molecule has 14 heavy (non-hydrogen) atoms. The number of hydrogen-bond acceptors (Lipinski definition) is 2. The summed E-state index contributed by atoms with van der Waals surface area (Å²) in [6.07, 6.45) is 0. The molecule has 0 N–H and O–H groups in total. The van der Waals surface area contributed by atoms with Crippen LogP contribution in [0.25, 0.3) is 11.0 Å². The van der Waals surface area contributed by atoms with Crippen molar-refractivity contribution in [2.75, 3.05) is 0 Å². The van der Waals surface area contributed by atoms with Gasteiger partial charge in [0.15, 0.2) is 0 Å². The third-order valence-electron chi connectivity index (χ3n) is 2.15. The van der Waals surface area contributed by atoms with Crippen LogP contribution in [-0.2, 0) is 0 Å². The van der Waals surface area contributed by atoms with Crippen LogP contribution < -0.4 is 0 Å². The van der Waals surface area contributed by atoms with Gasteiger partial charge >= 0.3 is 0 Å². The maximum atomic E-state index is 8.81. The second-order valence-electron chi connectivity index (χ2n) is 3.13. The van der Waals surface area contributed by atoms with Crippen LogP contribution in [0, 0.1) is 11.3 Å². The Bertz CT molecular complexity index is 509. The van der Waals surface area contributed by atoms with E-state index in [0.29, 0.717) is 5.76 Å². The van der Waals surface area contributed by atoms with E-state index in [-0.39, 0.29) is 5.92 Å². The monoisotopic (exact) mass is 249 g/mol. The quantitative estimate of drug-likeness (QED) is 0.771. The van der Waals surface area contributed by atoms with E-state index < -0.39 is 0 Å². The Labute approximate surface area is 90.3 Å². The number of halogens is 1. The van der Waals surface area contributed by atoms with Crippen LogP contribution in [-0.4, -0.2) is 0 Å². The average Bonchev–Trinajstić information content (AvgIpc) is 2.56. The zero-order valence-electron chi connectivity index (χ0n) is 7.62. The predicted molar refractivity (Wildman–Crippen MR) is 57.9 cm³/mol. The summed E-state index contributed by atoms with van der Waals surface area (Å²) in [4.78, 5) is 0. The molecule has 0 saturated heterocycles. The Morgan fingerprint density at radius 1 is 1.43 bits per heavy atom. The molecule has 2 nitrogen and oxygen atoms in total. The summed E-state index contributed by atoms with van der Waals surface area (Å²) in [7, 11) is 0. The van der Waals surface area contributed by atoms with E-state index in [0.717, 1.165) is 15.4 Å². The number of fused-ring (bicyclic) bond motifs is 1. The lowest BCUT2D eigenvalue weighted by Gasteiger charge is -1.96. The van der Waals surface area contributed by atoms with Gasteiger partial charge in [-0.05, 0) is 35.0 Å². The van der Waals surface area contributed by atoms with Crippen molar-refractivity contribution in [3.63, 3.8) is 0 Å². The van der Waals surface area contributed by atoms with Gasteiger partial charge in [0.1, 0.15) is 17.3 Å². The van der Waals surface area contributed by atoms with Crippen molar-refractivity contribution in [3.05, 3.63) is 34.5 Å². The SMILES string of the molecule is CC(C#N)c1oc2ccccc2c1Br. The molecule has 2 rings (SSSR count). The number of hydrogen-bond donors (Lipinski definition) is 0. The summed E-state index contributed by atoms with van der Waals surface area (Å²) in [6.45, 7) is 1.82. The molecule has 1 unspecified atom stereocenters. The van der Waals surface area contributed by atoms with Gasteiger partial charge in [-0.1, -0.05) is 12.1 Å².